The van der Waals surface area contributed by atoms with Crippen molar-refractivity contribution < 1.29 is 4.79 Å². The Hall–Kier alpha value is -1.82. The number of amides is 1. The first-order chi connectivity index (χ1) is 8.97. The number of aromatic nitrogens is 2. The van der Waals surface area contributed by atoms with E-state index in [9.17, 15) is 4.79 Å². The fraction of sp³-hybridized carbons (Fsp3) is 0.231. The van der Waals surface area contributed by atoms with Crippen LogP contribution in [0.1, 0.15) is 11.4 Å². The van der Waals surface area contributed by atoms with E-state index >= 15 is 0 Å². The molecule has 3 N–H and O–H groups in total. The number of hydrogen-bond acceptors (Lipinski definition) is 3. The predicted octanol–water partition coefficient (Wildman–Crippen LogP) is 2.48. The highest BCUT2D eigenvalue weighted by Gasteiger charge is 2.11. The van der Waals surface area contributed by atoms with Crippen molar-refractivity contribution in [3.05, 3.63) is 40.1 Å². The Balaban J connectivity index is 2.05. The number of carbonyl (C=O) groups is 1. The normalized spacial score (nSPS) is 10.5. The number of nitrogens with one attached hydrogen (secondary N) is 1. The average Bonchev–Trinajstić information content (AvgIpc) is 2.60. The SMILES string of the molecule is Cc1nn(CC(=O)Nc2ccc(N)cc2)c(C)c1Br. The number of benzene rings is 1. The van der Waals surface area contributed by atoms with Crippen LogP contribution >= 0.6 is 15.9 Å². The lowest BCUT2D eigenvalue weighted by molar-refractivity contribution is -0.116. The Labute approximate surface area is 119 Å². The molecule has 0 radical (unpaired) electrons. The van der Waals surface area contributed by atoms with Crippen molar-refractivity contribution >= 4 is 33.2 Å². The van der Waals surface area contributed by atoms with Gasteiger partial charge in [0.2, 0.25) is 5.91 Å². The second-order valence-electron chi connectivity index (χ2n) is 4.31. The molecule has 0 spiro atoms. The first kappa shape index (κ1) is 13.6. The summed E-state index contributed by atoms with van der Waals surface area (Å²) in [4.78, 5) is 11.9. The van der Waals surface area contributed by atoms with Gasteiger partial charge in [0.05, 0.1) is 15.9 Å². The van der Waals surface area contributed by atoms with E-state index in [4.69, 9.17) is 5.73 Å². The lowest BCUT2D eigenvalue weighted by Crippen LogP contribution is -2.20. The van der Waals surface area contributed by atoms with Gasteiger partial charge in [-0.05, 0) is 54.0 Å². The molecule has 1 heterocycles. The quantitative estimate of drug-likeness (QED) is 0.853. The largest absolute Gasteiger partial charge is 0.399 e. The standard InChI is InChI=1S/C13H15BrN4O/c1-8-13(14)9(2)18(17-8)7-12(19)16-11-5-3-10(15)4-6-11/h3-6H,7,15H2,1-2H3,(H,16,19). The molecule has 0 unspecified atom stereocenters. The maximum Gasteiger partial charge on any atom is 0.246 e. The van der Waals surface area contributed by atoms with Crippen LogP contribution in [0.5, 0.6) is 0 Å². The smallest absolute Gasteiger partial charge is 0.246 e. The molecule has 6 heteroatoms. The Morgan fingerprint density at radius 1 is 1.37 bits per heavy atom. The van der Waals surface area contributed by atoms with Crippen molar-refractivity contribution in [3.63, 3.8) is 0 Å². The number of aryl methyl sites for hydroxylation is 1. The summed E-state index contributed by atoms with van der Waals surface area (Å²) in [6.07, 6.45) is 0. The van der Waals surface area contributed by atoms with E-state index in [1.54, 1.807) is 28.9 Å². The van der Waals surface area contributed by atoms with E-state index in [0.29, 0.717) is 5.69 Å². The van der Waals surface area contributed by atoms with Gasteiger partial charge in [-0.1, -0.05) is 0 Å². The number of anilines is 2. The summed E-state index contributed by atoms with van der Waals surface area (Å²) < 4.78 is 2.61. The highest BCUT2D eigenvalue weighted by atomic mass is 79.9. The van der Waals surface area contributed by atoms with Crippen LogP contribution < -0.4 is 11.1 Å². The summed E-state index contributed by atoms with van der Waals surface area (Å²) in [5, 5.41) is 7.10. The molecule has 5 nitrogen and oxygen atoms in total. The lowest BCUT2D eigenvalue weighted by Gasteiger charge is -2.07. The van der Waals surface area contributed by atoms with Crippen LogP contribution in [0.4, 0.5) is 11.4 Å². The molecule has 100 valence electrons. The summed E-state index contributed by atoms with van der Waals surface area (Å²) in [6.45, 7) is 3.99. The molecule has 0 bridgehead atoms. The van der Waals surface area contributed by atoms with Crippen LogP contribution in [0.3, 0.4) is 0 Å². The number of halogens is 1. The van der Waals surface area contributed by atoms with Gasteiger partial charge in [0.25, 0.3) is 0 Å². The minimum atomic E-state index is -0.122. The summed E-state index contributed by atoms with van der Waals surface area (Å²) in [5.74, 6) is -0.122. The summed E-state index contributed by atoms with van der Waals surface area (Å²) in [6, 6.07) is 7.03. The van der Waals surface area contributed by atoms with E-state index in [1.807, 2.05) is 13.8 Å². The molecule has 1 amide bonds. The third-order valence-electron chi connectivity index (χ3n) is 2.78. The van der Waals surface area contributed by atoms with Crippen molar-refractivity contribution in [2.45, 2.75) is 20.4 Å². The zero-order valence-corrected chi connectivity index (χ0v) is 12.4. The van der Waals surface area contributed by atoms with Gasteiger partial charge < -0.3 is 11.1 Å². The lowest BCUT2D eigenvalue weighted by atomic mass is 10.3. The minimum absolute atomic E-state index is 0.122. The van der Waals surface area contributed by atoms with Gasteiger partial charge in [-0.3, -0.25) is 9.48 Å². The Morgan fingerprint density at radius 3 is 2.53 bits per heavy atom. The molecular weight excluding hydrogens is 308 g/mol. The van der Waals surface area contributed by atoms with Crippen LogP contribution in [0.25, 0.3) is 0 Å². The number of nitrogens with two attached hydrogens (primary N) is 1. The van der Waals surface area contributed by atoms with E-state index in [1.165, 1.54) is 0 Å². The van der Waals surface area contributed by atoms with Crippen molar-refractivity contribution in [1.82, 2.24) is 9.78 Å². The molecule has 0 aliphatic heterocycles. The summed E-state index contributed by atoms with van der Waals surface area (Å²) >= 11 is 3.44. The third-order valence-corrected chi connectivity index (χ3v) is 3.93. The van der Waals surface area contributed by atoms with Crippen molar-refractivity contribution in [2.75, 3.05) is 11.1 Å². The van der Waals surface area contributed by atoms with Crippen molar-refractivity contribution in [2.24, 2.45) is 0 Å². The fourth-order valence-electron chi connectivity index (χ4n) is 1.73. The maximum atomic E-state index is 11.9. The molecule has 0 atom stereocenters. The Bertz CT molecular complexity index is 604. The molecule has 2 aromatic rings. The van der Waals surface area contributed by atoms with E-state index in [-0.39, 0.29) is 12.5 Å². The maximum absolute atomic E-state index is 11.9. The van der Waals surface area contributed by atoms with Gasteiger partial charge >= 0.3 is 0 Å². The zero-order chi connectivity index (χ0) is 14.0. The molecule has 0 aliphatic rings. The molecule has 1 aromatic heterocycles. The topological polar surface area (TPSA) is 72.9 Å². The Kier molecular flexibility index (Phi) is 3.90. The fourth-order valence-corrected chi connectivity index (χ4v) is 2.02. The second kappa shape index (κ2) is 5.44. The molecular formula is C13H15BrN4O. The van der Waals surface area contributed by atoms with Crippen molar-refractivity contribution in [3.8, 4) is 0 Å². The second-order valence-corrected chi connectivity index (χ2v) is 5.11. The molecule has 0 aliphatic carbocycles. The van der Waals surface area contributed by atoms with E-state index in [0.717, 1.165) is 21.5 Å². The average molecular weight is 323 g/mol. The number of carbonyl (C=O) groups excluding carboxylic acids is 1. The van der Waals surface area contributed by atoms with Gasteiger partial charge in [-0.25, -0.2) is 0 Å². The molecule has 1 aromatic carbocycles. The van der Waals surface area contributed by atoms with Crippen LogP contribution in [0, 0.1) is 13.8 Å². The van der Waals surface area contributed by atoms with Crippen LogP contribution in [0.15, 0.2) is 28.7 Å². The number of rotatable bonds is 3. The minimum Gasteiger partial charge on any atom is -0.399 e. The van der Waals surface area contributed by atoms with Gasteiger partial charge in [-0.15, -0.1) is 0 Å². The van der Waals surface area contributed by atoms with E-state index < -0.39 is 0 Å². The van der Waals surface area contributed by atoms with Crippen LogP contribution in [0.2, 0.25) is 0 Å². The van der Waals surface area contributed by atoms with Gasteiger partial charge in [0.15, 0.2) is 0 Å². The first-order valence-electron chi connectivity index (χ1n) is 5.82. The molecule has 0 saturated heterocycles. The summed E-state index contributed by atoms with van der Waals surface area (Å²) in [5.41, 5.74) is 8.79. The van der Waals surface area contributed by atoms with Gasteiger partial charge in [0, 0.05) is 11.4 Å². The highest BCUT2D eigenvalue weighted by Crippen LogP contribution is 2.19. The van der Waals surface area contributed by atoms with Gasteiger partial charge in [0.1, 0.15) is 6.54 Å². The van der Waals surface area contributed by atoms with Crippen molar-refractivity contribution in [1.29, 1.82) is 0 Å². The molecule has 0 fully saturated rings. The first-order valence-corrected chi connectivity index (χ1v) is 6.61. The summed E-state index contributed by atoms with van der Waals surface area (Å²) in [7, 11) is 0. The molecule has 0 saturated carbocycles. The van der Waals surface area contributed by atoms with E-state index in [2.05, 4.69) is 26.3 Å². The van der Waals surface area contributed by atoms with Crippen LogP contribution in [-0.2, 0) is 11.3 Å². The zero-order valence-electron chi connectivity index (χ0n) is 10.8. The highest BCUT2D eigenvalue weighted by molar-refractivity contribution is 9.10. The third kappa shape index (κ3) is 3.14. The Morgan fingerprint density at radius 2 is 2.00 bits per heavy atom. The molecule has 19 heavy (non-hydrogen) atoms. The number of nitrogen functional groups attached to an aromatic ring is 1. The predicted molar refractivity (Wildman–Crippen MR) is 78.9 cm³/mol. The number of nitrogens with zero attached hydrogens (tertiary/aromatic N) is 2. The van der Waals surface area contributed by atoms with Gasteiger partial charge in [-0.2, -0.15) is 5.10 Å². The van der Waals surface area contributed by atoms with Crippen LogP contribution in [-0.4, -0.2) is 15.7 Å². The monoisotopic (exact) mass is 322 g/mol. The number of hydrogen-bond donors (Lipinski definition) is 2. The molecule has 2 rings (SSSR count).